The van der Waals surface area contributed by atoms with Gasteiger partial charge in [0.05, 0.1) is 18.3 Å². The third kappa shape index (κ3) is 2.64. The lowest BCUT2D eigenvalue weighted by molar-refractivity contribution is 0.399. The van der Waals surface area contributed by atoms with Crippen molar-refractivity contribution < 1.29 is 4.74 Å². The average molecular weight is 268 g/mol. The van der Waals surface area contributed by atoms with Gasteiger partial charge in [0.1, 0.15) is 6.07 Å². The van der Waals surface area contributed by atoms with Crippen LogP contribution in [0.5, 0.6) is 5.88 Å². The SMILES string of the molecule is COc1ccc2cccc(N/N=C(\C#N)C(=N)N)c2n1. The molecule has 0 fully saturated rings. The Balaban J connectivity index is 2.44. The highest BCUT2D eigenvalue weighted by Gasteiger charge is 2.05. The van der Waals surface area contributed by atoms with Crippen molar-refractivity contribution in [3.05, 3.63) is 30.3 Å². The monoisotopic (exact) mass is 268 g/mol. The number of pyridine rings is 1. The number of methoxy groups -OCH3 is 1. The van der Waals surface area contributed by atoms with Gasteiger partial charge in [-0.25, -0.2) is 4.98 Å². The van der Waals surface area contributed by atoms with Gasteiger partial charge in [-0.15, -0.1) is 0 Å². The van der Waals surface area contributed by atoms with Crippen LogP contribution in [0.3, 0.4) is 0 Å². The lowest BCUT2D eigenvalue weighted by Gasteiger charge is -2.07. The summed E-state index contributed by atoms with van der Waals surface area (Å²) < 4.78 is 5.08. The van der Waals surface area contributed by atoms with Gasteiger partial charge in [-0.3, -0.25) is 10.8 Å². The first-order chi connectivity index (χ1) is 9.65. The highest BCUT2D eigenvalue weighted by Crippen LogP contribution is 2.23. The number of ether oxygens (including phenoxy) is 1. The van der Waals surface area contributed by atoms with Crippen LogP contribution >= 0.6 is 0 Å². The van der Waals surface area contributed by atoms with Crippen LogP contribution < -0.4 is 15.9 Å². The van der Waals surface area contributed by atoms with Gasteiger partial charge >= 0.3 is 0 Å². The zero-order valence-corrected chi connectivity index (χ0v) is 10.7. The molecule has 100 valence electrons. The molecule has 0 bridgehead atoms. The quantitative estimate of drug-likeness (QED) is 0.440. The van der Waals surface area contributed by atoms with Crippen LogP contribution in [0.1, 0.15) is 0 Å². The number of hydrazone groups is 1. The van der Waals surface area contributed by atoms with Gasteiger partial charge in [0.15, 0.2) is 5.84 Å². The number of rotatable bonds is 4. The van der Waals surface area contributed by atoms with Crippen molar-refractivity contribution in [3.63, 3.8) is 0 Å². The third-order valence-corrected chi connectivity index (χ3v) is 2.55. The summed E-state index contributed by atoms with van der Waals surface area (Å²) in [5.74, 6) is 0.0774. The molecule has 1 aromatic heterocycles. The molecule has 7 nitrogen and oxygen atoms in total. The smallest absolute Gasteiger partial charge is 0.213 e. The summed E-state index contributed by atoms with van der Waals surface area (Å²) in [5.41, 5.74) is 8.97. The van der Waals surface area contributed by atoms with Crippen LogP contribution in [0, 0.1) is 16.7 Å². The molecule has 0 amide bonds. The molecular formula is C13H12N6O. The van der Waals surface area contributed by atoms with Crippen LogP contribution in [0.4, 0.5) is 5.69 Å². The molecule has 1 heterocycles. The Morgan fingerprint density at radius 3 is 2.90 bits per heavy atom. The van der Waals surface area contributed by atoms with Gasteiger partial charge in [0, 0.05) is 11.5 Å². The molecule has 2 rings (SSSR count). The number of benzene rings is 1. The maximum atomic E-state index is 8.79. The second kappa shape index (κ2) is 5.67. The Bertz CT molecular complexity index is 731. The number of amidine groups is 1. The molecule has 0 radical (unpaired) electrons. The van der Waals surface area contributed by atoms with Crippen LogP contribution in [-0.2, 0) is 0 Å². The van der Waals surface area contributed by atoms with E-state index in [0.29, 0.717) is 17.1 Å². The number of para-hydroxylation sites is 1. The molecule has 0 atom stereocenters. The molecular weight excluding hydrogens is 256 g/mol. The van der Waals surface area contributed by atoms with Crippen LogP contribution in [0.15, 0.2) is 35.4 Å². The maximum absolute atomic E-state index is 8.79. The van der Waals surface area contributed by atoms with E-state index in [9.17, 15) is 0 Å². The number of fused-ring (bicyclic) bond motifs is 1. The minimum Gasteiger partial charge on any atom is -0.481 e. The first kappa shape index (κ1) is 13.3. The number of nitrogens with two attached hydrogens (primary N) is 1. The first-order valence-electron chi connectivity index (χ1n) is 5.67. The van der Waals surface area contributed by atoms with Crippen LogP contribution in [0.2, 0.25) is 0 Å². The molecule has 1 aromatic carbocycles. The van der Waals surface area contributed by atoms with E-state index in [1.807, 2.05) is 18.2 Å². The summed E-state index contributed by atoms with van der Waals surface area (Å²) in [4.78, 5) is 4.32. The van der Waals surface area contributed by atoms with Crippen molar-refractivity contribution in [1.29, 1.82) is 10.7 Å². The van der Waals surface area contributed by atoms with Gasteiger partial charge in [-0.1, -0.05) is 12.1 Å². The van der Waals surface area contributed by atoms with Crippen LogP contribution in [0.25, 0.3) is 10.9 Å². The first-order valence-corrected chi connectivity index (χ1v) is 5.67. The normalized spacial score (nSPS) is 10.9. The molecule has 0 aliphatic heterocycles. The second-order valence-corrected chi connectivity index (χ2v) is 3.83. The Morgan fingerprint density at radius 2 is 2.25 bits per heavy atom. The minimum atomic E-state index is -0.397. The number of aromatic nitrogens is 1. The number of nitrogens with one attached hydrogen (secondary N) is 2. The van der Waals surface area contributed by atoms with E-state index in [-0.39, 0.29) is 5.71 Å². The van der Waals surface area contributed by atoms with Crippen molar-refractivity contribution in [2.45, 2.75) is 0 Å². The summed E-state index contributed by atoms with van der Waals surface area (Å²) in [6.07, 6.45) is 0. The fraction of sp³-hybridized carbons (Fsp3) is 0.0769. The highest BCUT2D eigenvalue weighted by molar-refractivity contribution is 6.45. The largest absolute Gasteiger partial charge is 0.481 e. The van der Waals surface area contributed by atoms with Crippen molar-refractivity contribution >= 4 is 28.1 Å². The molecule has 4 N–H and O–H groups in total. The van der Waals surface area contributed by atoms with Crippen LogP contribution in [-0.4, -0.2) is 23.6 Å². The van der Waals surface area contributed by atoms with E-state index >= 15 is 0 Å². The van der Waals surface area contributed by atoms with E-state index in [0.717, 1.165) is 5.39 Å². The zero-order valence-electron chi connectivity index (χ0n) is 10.7. The maximum Gasteiger partial charge on any atom is 0.213 e. The lowest BCUT2D eigenvalue weighted by atomic mass is 10.2. The van der Waals surface area contributed by atoms with Gasteiger partial charge in [0.2, 0.25) is 11.6 Å². The Kier molecular flexibility index (Phi) is 3.77. The summed E-state index contributed by atoms with van der Waals surface area (Å²) in [5, 5.41) is 20.7. The molecule has 0 saturated carbocycles. The third-order valence-electron chi connectivity index (χ3n) is 2.55. The fourth-order valence-corrected chi connectivity index (χ4v) is 1.59. The zero-order chi connectivity index (χ0) is 14.5. The van der Waals surface area contributed by atoms with E-state index in [2.05, 4.69) is 15.5 Å². The lowest BCUT2D eigenvalue weighted by Crippen LogP contribution is -2.21. The molecule has 2 aromatic rings. The van der Waals surface area contributed by atoms with Crippen molar-refractivity contribution in [2.24, 2.45) is 10.8 Å². The standard InChI is InChI=1S/C13H12N6O/c1-20-11-6-5-8-3-2-4-9(12(8)17-11)18-19-10(7-14)13(15)16/h2-6,18H,1H3,(H3,15,16)/b19-10+. The summed E-state index contributed by atoms with van der Waals surface area (Å²) in [7, 11) is 1.53. The Morgan fingerprint density at radius 1 is 1.45 bits per heavy atom. The number of hydrogen-bond acceptors (Lipinski definition) is 6. The van der Waals surface area contributed by atoms with Crippen molar-refractivity contribution in [2.75, 3.05) is 12.5 Å². The molecule has 0 saturated heterocycles. The average Bonchev–Trinajstić information content (AvgIpc) is 2.47. The summed E-state index contributed by atoms with van der Waals surface area (Å²) in [6, 6.07) is 10.8. The second-order valence-electron chi connectivity index (χ2n) is 3.83. The minimum absolute atomic E-state index is 0.190. The molecule has 20 heavy (non-hydrogen) atoms. The number of nitriles is 1. The van der Waals surface area contributed by atoms with E-state index in [1.165, 1.54) is 7.11 Å². The fourth-order valence-electron chi connectivity index (χ4n) is 1.59. The molecule has 7 heteroatoms. The van der Waals surface area contributed by atoms with Gasteiger partial charge in [-0.2, -0.15) is 10.4 Å². The Hall–Kier alpha value is -3.14. The number of hydrogen-bond donors (Lipinski definition) is 3. The predicted molar refractivity (Wildman–Crippen MR) is 76.9 cm³/mol. The topological polar surface area (TPSA) is 120 Å². The van der Waals surface area contributed by atoms with Crippen molar-refractivity contribution in [3.8, 4) is 11.9 Å². The highest BCUT2D eigenvalue weighted by atomic mass is 16.5. The molecule has 0 aliphatic carbocycles. The number of nitrogens with zero attached hydrogens (tertiary/aromatic N) is 3. The van der Waals surface area contributed by atoms with E-state index < -0.39 is 5.84 Å². The van der Waals surface area contributed by atoms with Crippen molar-refractivity contribution in [1.82, 2.24) is 4.98 Å². The van der Waals surface area contributed by atoms with Gasteiger partial charge < -0.3 is 10.5 Å². The number of anilines is 1. The van der Waals surface area contributed by atoms with Gasteiger partial charge in [-0.05, 0) is 12.1 Å². The predicted octanol–water partition coefficient (Wildman–Crippen LogP) is 1.47. The summed E-state index contributed by atoms with van der Waals surface area (Å²) in [6.45, 7) is 0. The molecule has 0 aliphatic rings. The summed E-state index contributed by atoms with van der Waals surface area (Å²) >= 11 is 0. The Labute approximate surface area is 115 Å². The molecule has 0 unspecified atom stereocenters. The molecule has 0 spiro atoms. The van der Waals surface area contributed by atoms with Gasteiger partial charge in [0.25, 0.3) is 0 Å². The van der Waals surface area contributed by atoms with E-state index in [4.69, 9.17) is 21.1 Å². The van der Waals surface area contributed by atoms with E-state index in [1.54, 1.807) is 18.2 Å².